The Balaban J connectivity index is 2.11. The Labute approximate surface area is 118 Å². The number of nitrogens with zero attached hydrogens (tertiary/aromatic N) is 4. The molecule has 0 N–H and O–H groups in total. The number of rotatable bonds is 2. The van der Waals surface area contributed by atoms with E-state index in [0.717, 1.165) is 15.2 Å². The summed E-state index contributed by atoms with van der Waals surface area (Å²) in [6.45, 7) is 0. The van der Waals surface area contributed by atoms with Gasteiger partial charge in [-0.1, -0.05) is 28.1 Å². The van der Waals surface area contributed by atoms with Crippen molar-refractivity contribution < 1.29 is 4.52 Å². The predicted molar refractivity (Wildman–Crippen MR) is 77.1 cm³/mol. The molecule has 0 saturated heterocycles. The van der Waals surface area contributed by atoms with E-state index in [4.69, 9.17) is 4.52 Å². The van der Waals surface area contributed by atoms with Crippen LogP contribution in [0.1, 0.15) is 0 Å². The van der Waals surface area contributed by atoms with Gasteiger partial charge in [0.1, 0.15) is 5.69 Å². The van der Waals surface area contributed by atoms with E-state index in [2.05, 4.69) is 31.1 Å². The normalized spacial score (nSPS) is 10.9. The first-order valence-corrected chi connectivity index (χ1v) is 6.50. The van der Waals surface area contributed by atoms with Crippen LogP contribution >= 0.6 is 15.9 Å². The maximum atomic E-state index is 5.22. The molecule has 0 aliphatic heterocycles. The zero-order chi connectivity index (χ0) is 13.4. The fourth-order valence-corrected chi connectivity index (χ4v) is 2.25. The molecule has 3 aromatic rings. The van der Waals surface area contributed by atoms with Crippen molar-refractivity contribution in [1.29, 1.82) is 0 Å². The second-order valence-electron chi connectivity index (χ2n) is 4.32. The van der Waals surface area contributed by atoms with Gasteiger partial charge < -0.3 is 9.42 Å². The Morgan fingerprint density at radius 2 is 2.11 bits per heavy atom. The maximum Gasteiger partial charge on any atom is 0.278 e. The zero-order valence-corrected chi connectivity index (χ0v) is 12.0. The van der Waals surface area contributed by atoms with Crippen LogP contribution in [0.3, 0.4) is 0 Å². The van der Waals surface area contributed by atoms with Crippen LogP contribution in [0.5, 0.6) is 0 Å². The summed E-state index contributed by atoms with van der Waals surface area (Å²) in [5, 5.41) is 6.01. The molecule has 5 nitrogen and oxygen atoms in total. The van der Waals surface area contributed by atoms with Crippen LogP contribution in [0.4, 0.5) is 5.95 Å². The van der Waals surface area contributed by atoms with E-state index >= 15 is 0 Å². The number of hydrogen-bond donors (Lipinski definition) is 0. The molecular weight excluding hydrogens is 308 g/mol. The Hall–Kier alpha value is -1.95. The number of hydrogen-bond acceptors (Lipinski definition) is 5. The molecule has 2 heterocycles. The largest absolute Gasteiger partial charge is 0.344 e. The second kappa shape index (κ2) is 4.62. The molecule has 3 rings (SSSR count). The van der Waals surface area contributed by atoms with Gasteiger partial charge in [-0.25, -0.2) is 0 Å². The quantitative estimate of drug-likeness (QED) is 0.726. The Kier molecular flexibility index (Phi) is 2.94. The van der Waals surface area contributed by atoms with Gasteiger partial charge in [-0.3, -0.25) is 4.98 Å². The molecule has 0 bridgehead atoms. The van der Waals surface area contributed by atoms with Gasteiger partial charge in [0.15, 0.2) is 0 Å². The molecule has 6 heteroatoms. The summed E-state index contributed by atoms with van der Waals surface area (Å²) in [5.41, 5.74) is 0.667. The third-order valence-electron chi connectivity index (χ3n) is 2.74. The van der Waals surface area contributed by atoms with Gasteiger partial charge >= 0.3 is 0 Å². The van der Waals surface area contributed by atoms with Gasteiger partial charge in [0.05, 0.1) is 0 Å². The van der Waals surface area contributed by atoms with E-state index in [1.807, 2.05) is 38.4 Å². The van der Waals surface area contributed by atoms with Crippen molar-refractivity contribution >= 4 is 32.7 Å². The van der Waals surface area contributed by atoms with Gasteiger partial charge in [0, 0.05) is 30.2 Å². The maximum absolute atomic E-state index is 5.22. The first-order valence-electron chi connectivity index (χ1n) is 5.71. The lowest BCUT2D eigenvalue weighted by molar-refractivity contribution is 0.429. The van der Waals surface area contributed by atoms with Crippen LogP contribution in [0.15, 0.2) is 39.5 Å². The average Bonchev–Trinajstić information content (AvgIpc) is 2.89. The molecule has 0 unspecified atom stereocenters. The van der Waals surface area contributed by atoms with Crippen LogP contribution in [0.25, 0.3) is 22.4 Å². The van der Waals surface area contributed by atoms with E-state index < -0.39 is 0 Å². The average molecular weight is 319 g/mol. The number of pyridine rings is 1. The highest BCUT2D eigenvalue weighted by Crippen LogP contribution is 2.27. The van der Waals surface area contributed by atoms with E-state index in [9.17, 15) is 0 Å². The summed E-state index contributed by atoms with van der Waals surface area (Å²) in [4.78, 5) is 10.4. The topological polar surface area (TPSA) is 55.1 Å². The van der Waals surface area contributed by atoms with E-state index in [1.165, 1.54) is 0 Å². The minimum Gasteiger partial charge on any atom is -0.344 e. The lowest BCUT2D eigenvalue weighted by Crippen LogP contribution is -2.10. The monoisotopic (exact) mass is 318 g/mol. The zero-order valence-electron chi connectivity index (χ0n) is 10.5. The van der Waals surface area contributed by atoms with Crippen LogP contribution in [-0.4, -0.2) is 29.2 Å². The molecule has 0 atom stereocenters. The summed E-state index contributed by atoms with van der Waals surface area (Å²) in [7, 11) is 3.72. The molecule has 0 saturated carbocycles. The highest BCUT2D eigenvalue weighted by atomic mass is 79.9. The van der Waals surface area contributed by atoms with E-state index in [1.54, 1.807) is 11.1 Å². The number of halogens is 1. The standard InChI is InChI=1S/C13H11BrN4O/c1-18(2)13-16-12(19-17-13)11-6-9-8(7-15-11)4-3-5-10(9)14/h3-7H,1-2H3. The summed E-state index contributed by atoms with van der Waals surface area (Å²) < 4.78 is 6.24. The molecule has 0 amide bonds. The van der Waals surface area contributed by atoms with Crippen LogP contribution in [-0.2, 0) is 0 Å². The van der Waals surface area contributed by atoms with Crippen molar-refractivity contribution in [3.63, 3.8) is 0 Å². The van der Waals surface area contributed by atoms with Crippen molar-refractivity contribution in [2.24, 2.45) is 0 Å². The molecule has 96 valence electrons. The number of aromatic nitrogens is 3. The van der Waals surface area contributed by atoms with Crippen molar-refractivity contribution in [3.8, 4) is 11.6 Å². The molecule has 19 heavy (non-hydrogen) atoms. The van der Waals surface area contributed by atoms with Gasteiger partial charge in [-0.15, -0.1) is 0 Å². The highest BCUT2D eigenvalue weighted by Gasteiger charge is 2.12. The third kappa shape index (κ3) is 2.19. The fraction of sp³-hybridized carbons (Fsp3) is 0.154. The molecular formula is C13H11BrN4O. The number of benzene rings is 1. The first kappa shape index (κ1) is 12.1. The lowest BCUT2D eigenvalue weighted by atomic mass is 10.1. The molecule has 0 fully saturated rings. The van der Waals surface area contributed by atoms with Gasteiger partial charge in [0.25, 0.3) is 11.8 Å². The number of anilines is 1. The molecule has 2 aromatic heterocycles. The Morgan fingerprint density at radius 1 is 1.26 bits per heavy atom. The smallest absolute Gasteiger partial charge is 0.278 e. The van der Waals surface area contributed by atoms with Crippen LogP contribution in [0, 0.1) is 0 Å². The summed E-state index contributed by atoms with van der Waals surface area (Å²) in [5.74, 6) is 0.949. The predicted octanol–water partition coefficient (Wildman–Crippen LogP) is 3.11. The fourth-order valence-electron chi connectivity index (χ4n) is 1.75. The van der Waals surface area contributed by atoms with Crippen molar-refractivity contribution in [2.45, 2.75) is 0 Å². The molecule has 0 aliphatic rings. The van der Waals surface area contributed by atoms with Gasteiger partial charge in [0.2, 0.25) is 0 Å². The minimum absolute atomic E-state index is 0.418. The highest BCUT2D eigenvalue weighted by molar-refractivity contribution is 9.10. The van der Waals surface area contributed by atoms with Gasteiger partial charge in [-0.05, 0) is 22.7 Å². The van der Waals surface area contributed by atoms with Crippen molar-refractivity contribution in [3.05, 3.63) is 34.9 Å². The summed E-state index contributed by atoms with van der Waals surface area (Å²) in [6.07, 6.45) is 1.80. The lowest BCUT2D eigenvalue weighted by Gasteiger charge is -2.03. The van der Waals surface area contributed by atoms with Gasteiger partial charge in [-0.2, -0.15) is 4.98 Å². The minimum atomic E-state index is 0.418. The first-order chi connectivity index (χ1) is 9.15. The Bertz CT molecular complexity index is 738. The number of fused-ring (bicyclic) bond motifs is 1. The molecule has 1 aromatic carbocycles. The van der Waals surface area contributed by atoms with Crippen LogP contribution < -0.4 is 4.90 Å². The molecule has 0 aliphatic carbocycles. The SMILES string of the molecule is CN(C)c1noc(-c2cc3c(Br)cccc3cn2)n1. The third-order valence-corrected chi connectivity index (χ3v) is 3.44. The summed E-state index contributed by atoms with van der Waals surface area (Å²) in [6, 6.07) is 7.91. The summed E-state index contributed by atoms with van der Waals surface area (Å²) >= 11 is 3.53. The second-order valence-corrected chi connectivity index (χ2v) is 5.18. The van der Waals surface area contributed by atoms with Crippen LogP contribution in [0.2, 0.25) is 0 Å². The van der Waals surface area contributed by atoms with E-state index in [0.29, 0.717) is 17.5 Å². The van der Waals surface area contributed by atoms with E-state index in [-0.39, 0.29) is 0 Å². The Morgan fingerprint density at radius 3 is 2.84 bits per heavy atom. The van der Waals surface area contributed by atoms with Crippen molar-refractivity contribution in [2.75, 3.05) is 19.0 Å². The molecule has 0 spiro atoms. The van der Waals surface area contributed by atoms with Crippen molar-refractivity contribution in [1.82, 2.24) is 15.1 Å². The molecule has 0 radical (unpaired) electrons.